The zero-order valence-corrected chi connectivity index (χ0v) is 16.0. The second-order valence-electron chi connectivity index (χ2n) is 7.54. The van der Waals surface area contributed by atoms with Gasteiger partial charge in [-0.1, -0.05) is 13.8 Å². The molecule has 0 atom stereocenters. The van der Waals surface area contributed by atoms with Crippen molar-refractivity contribution in [3.8, 4) is 0 Å². The topological polar surface area (TPSA) is 44.7 Å². The van der Waals surface area contributed by atoms with Crippen molar-refractivity contribution in [2.45, 2.75) is 38.6 Å². The summed E-state index contributed by atoms with van der Waals surface area (Å²) in [5.74, 6) is 1.32. The van der Waals surface area contributed by atoms with Gasteiger partial charge in [-0.05, 0) is 25.9 Å². The summed E-state index contributed by atoms with van der Waals surface area (Å²) in [6, 6.07) is 0.750. The van der Waals surface area contributed by atoms with Crippen LogP contribution in [0.15, 0.2) is 12.4 Å². The van der Waals surface area contributed by atoms with Crippen LogP contribution in [0.2, 0.25) is 0 Å². The van der Waals surface area contributed by atoms with Gasteiger partial charge in [0.2, 0.25) is 0 Å². The summed E-state index contributed by atoms with van der Waals surface area (Å²) >= 11 is 0. The predicted octanol–water partition coefficient (Wildman–Crippen LogP) is 1.83. The van der Waals surface area contributed by atoms with Crippen LogP contribution in [0.25, 0.3) is 0 Å². The maximum Gasteiger partial charge on any atom is 0.130 e. The molecule has 1 aromatic heterocycles. The van der Waals surface area contributed by atoms with Crippen molar-refractivity contribution >= 4 is 5.69 Å². The highest BCUT2D eigenvalue weighted by atomic mass is 16.5. The molecule has 0 aromatic carbocycles. The van der Waals surface area contributed by atoms with Crippen molar-refractivity contribution in [3.63, 3.8) is 0 Å². The molecule has 0 aliphatic carbocycles. The molecule has 2 saturated heterocycles. The molecule has 1 aromatic rings. The maximum atomic E-state index is 5.19. The first-order valence-electron chi connectivity index (χ1n) is 9.69. The molecule has 3 rings (SSSR count). The Morgan fingerprint density at radius 3 is 2.24 bits per heavy atom. The van der Waals surface area contributed by atoms with Crippen molar-refractivity contribution in [3.05, 3.63) is 18.2 Å². The highest BCUT2D eigenvalue weighted by molar-refractivity contribution is 5.42. The number of rotatable bonds is 6. The third-order valence-electron chi connectivity index (χ3n) is 5.54. The molecule has 0 N–H and O–H groups in total. The number of hydrogen-bond acceptors (Lipinski definition) is 6. The molecular formula is C19H33N5O. The van der Waals surface area contributed by atoms with Gasteiger partial charge in [0.15, 0.2) is 0 Å². The lowest BCUT2D eigenvalue weighted by Gasteiger charge is -2.43. The van der Waals surface area contributed by atoms with E-state index in [9.17, 15) is 0 Å². The zero-order valence-electron chi connectivity index (χ0n) is 16.0. The summed E-state index contributed by atoms with van der Waals surface area (Å²) in [4.78, 5) is 16.7. The van der Waals surface area contributed by atoms with Gasteiger partial charge in [-0.2, -0.15) is 0 Å². The number of anilines is 1. The number of hydrogen-bond donors (Lipinski definition) is 0. The molecule has 140 valence electrons. The second-order valence-corrected chi connectivity index (χ2v) is 7.54. The fourth-order valence-electron chi connectivity index (χ4n) is 3.87. The van der Waals surface area contributed by atoms with E-state index in [1.165, 1.54) is 31.6 Å². The lowest BCUT2D eigenvalue weighted by atomic mass is 10.0. The number of piperidine rings is 1. The largest absolute Gasteiger partial charge is 0.383 e. The standard InChI is InChI=1S/C19H33N5O/c1-16(2)19-20-14-18(15-21-19)24-10-8-23(9-11-24)17-4-6-22(7-5-17)12-13-25-3/h14-17H,4-13H2,1-3H3. The summed E-state index contributed by atoms with van der Waals surface area (Å²) in [7, 11) is 1.79. The summed E-state index contributed by atoms with van der Waals surface area (Å²) in [6.45, 7) is 13.1. The van der Waals surface area contributed by atoms with Gasteiger partial charge in [-0.3, -0.25) is 4.90 Å². The van der Waals surface area contributed by atoms with Crippen molar-refractivity contribution < 1.29 is 4.74 Å². The summed E-state index contributed by atoms with van der Waals surface area (Å²) < 4.78 is 5.19. The molecule has 25 heavy (non-hydrogen) atoms. The van der Waals surface area contributed by atoms with Crippen LogP contribution in [-0.4, -0.2) is 85.3 Å². The Labute approximate surface area is 152 Å². The summed E-state index contributed by atoms with van der Waals surface area (Å²) in [6.07, 6.45) is 6.56. The van der Waals surface area contributed by atoms with Crippen molar-refractivity contribution in [2.24, 2.45) is 0 Å². The van der Waals surface area contributed by atoms with Crippen LogP contribution < -0.4 is 4.90 Å². The van der Waals surface area contributed by atoms with Crippen LogP contribution >= 0.6 is 0 Å². The van der Waals surface area contributed by atoms with E-state index < -0.39 is 0 Å². The first-order chi connectivity index (χ1) is 12.2. The SMILES string of the molecule is COCCN1CCC(N2CCN(c3cnc(C(C)C)nc3)CC2)CC1. The monoisotopic (exact) mass is 347 g/mol. The van der Waals surface area contributed by atoms with E-state index in [0.29, 0.717) is 5.92 Å². The zero-order chi connectivity index (χ0) is 17.6. The number of ether oxygens (including phenoxy) is 1. The van der Waals surface area contributed by atoms with Gasteiger partial charge in [0.1, 0.15) is 5.82 Å². The molecule has 0 unspecified atom stereocenters. The van der Waals surface area contributed by atoms with E-state index in [4.69, 9.17) is 4.74 Å². The molecule has 2 aliphatic rings. The quantitative estimate of drug-likeness (QED) is 0.782. The number of nitrogens with zero attached hydrogens (tertiary/aromatic N) is 5. The lowest BCUT2D eigenvalue weighted by molar-refractivity contribution is 0.0834. The van der Waals surface area contributed by atoms with Gasteiger partial charge in [-0.25, -0.2) is 9.97 Å². The predicted molar refractivity (Wildman–Crippen MR) is 101 cm³/mol. The molecular weight excluding hydrogens is 314 g/mol. The van der Waals surface area contributed by atoms with Gasteiger partial charge < -0.3 is 14.5 Å². The average molecular weight is 348 g/mol. The Morgan fingerprint density at radius 1 is 1.04 bits per heavy atom. The highest BCUT2D eigenvalue weighted by Gasteiger charge is 2.27. The Morgan fingerprint density at radius 2 is 1.68 bits per heavy atom. The van der Waals surface area contributed by atoms with Crippen molar-refractivity contribution in [1.82, 2.24) is 19.8 Å². The van der Waals surface area contributed by atoms with Crippen LogP contribution in [0.5, 0.6) is 0 Å². The Kier molecular flexibility index (Phi) is 6.62. The smallest absolute Gasteiger partial charge is 0.130 e. The molecule has 2 aliphatic heterocycles. The molecule has 6 heteroatoms. The molecule has 2 fully saturated rings. The lowest BCUT2D eigenvalue weighted by Crippen LogP contribution is -2.53. The first-order valence-corrected chi connectivity index (χ1v) is 9.69. The van der Waals surface area contributed by atoms with Crippen LogP contribution in [0, 0.1) is 0 Å². The van der Waals surface area contributed by atoms with E-state index >= 15 is 0 Å². The molecule has 0 radical (unpaired) electrons. The second kappa shape index (κ2) is 8.92. The van der Waals surface area contributed by atoms with Gasteiger partial charge in [0.25, 0.3) is 0 Å². The fraction of sp³-hybridized carbons (Fsp3) is 0.789. The molecule has 0 saturated carbocycles. The number of likely N-dealkylation sites (tertiary alicyclic amines) is 1. The van der Waals surface area contributed by atoms with Gasteiger partial charge >= 0.3 is 0 Å². The van der Waals surface area contributed by atoms with Crippen LogP contribution in [0.4, 0.5) is 5.69 Å². The Hall–Kier alpha value is -1.24. The fourth-order valence-corrected chi connectivity index (χ4v) is 3.87. The Balaban J connectivity index is 1.44. The number of aromatic nitrogens is 2. The van der Waals surface area contributed by atoms with E-state index in [-0.39, 0.29) is 0 Å². The minimum atomic E-state index is 0.389. The minimum Gasteiger partial charge on any atom is -0.383 e. The molecule has 0 spiro atoms. The maximum absolute atomic E-state index is 5.19. The molecule has 6 nitrogen and oxygen atoms in total. The molecule has 0 amide bonds. The molecule has 3 heterocycles. The van der Waals surface area contributed by atoms with Crippen LogP contribution in [-0.2, 0) is 4.74 Å². The average Bonchev–Trinajstić information content (AvgIpc) is 2.67. The normalized spacial score (nSPS) is 21.2. The van der Waals surface area contributed by atoms with Gasteiger partial charge in [-0.15, -0.1) is 0 Å². The minimum absolute atomic E-state index is 0.389. The van der Waals surface area contributed by atoms with Crippen molar-refractivity contribution in [2.75, 3.05) is 64.4 Å². The third kappa shape index (κ3) is 4.90. The van der Waals surface area contributed by atoms with E-state index in [1.807, 2.05) is 12.4 Å². The van der Waals surface area contributed by atoms with Crippen LogP contribution in [0.3, 0.4) is 0 Å². The third-order valence-corrected chi connectivity index (χ3v) is 5.54. The van der Waals surface area contributed by atoms with E-state index in [2.05, 4.69) is 38.5 Å². The summed E-state index contributed by atoms with van der Waals surface area (Å²) in [5.41, 5.74) is 1.17. The van der Waals surface area contributed by atoms with Crippen molar-refractivity contribution in [1.29, 1.82) is 0 Å². The molecule has 0 bridgehead atoms. The van der Waals surface area contributed by atoms with E-state index in [0.717, 1.165) is 51.2 Å². The number of methoxy groups -OCH3 is 1. The first kappa shape index (κ1) is 18.5. The highest BCUT2D eigenvalue weighted by Crippen LogP contribution is 2.21. The van der Waals surface area contributed by atoms with E-state index in [1.54, 1.807) is 7.11 Å². The number of piperazine rings is 1. The summed E-state index contributed by atoms with van der Waals surface area (Å²) in [5, 5.41) is 0. The van der Waals surface area contributed by atoms with Crippen LogP contribution in [0.1, 0.15) is 38.4 Å². The Bertz CT molecular complexity index is 505. The van der Waals surface area contributed by atoms with Gasteiger partial charge in [0.05, 0.1) is 24.7 Å². The van der Waals surface area contributed by atoms with Gasteiger partial charge in [0, 0.05) is 51.8 Å².